The molecule has 3 aromatic carbocycles. The van der Waals surface area contributed by atoms with Gasteiger partial charge in [-0.3, -0.25) is 9.59 Å². The van der Waals surface area contributed by atoms with Crippen LogP contribution in [0, 0.1) is 6.92 Å². The molecule has 8 heteroatoms. The quantitative estimate of drug-likeness (QED) is 0.417. The Kier molecular flexibility index (Phi) is 7.37. The van der Waals surface area contributed by atoms with E-state index >= 15 is 0 Å². The SMILES string of the molecule is CCc1cccc(C)c1NCC(=O)Nc1cccc(C(=O)Nc2cccc(C(F)(F)F)c2)c1. The van der Waals surface area contributed by atoms with Crippen LogP contribution < -0.4 is 16.0 Å². The Bertz CT molecular complexity index is 1160. The van der Waals surface area contributed by atoms with E-state index in [0.717, 1.165) is 35.4 Å². The van der Waals surface area contributed by atoms with E-state index in [2.05, 4.69) is 16.0 Å². The number of amides is 2. The summed E-state index contributed by atoms with van der Waals surface area (Å²) in [5.74, 6) is -0.883. The Morgan fingerprint density at radius 2 is 1.55 bits per heavy atom. The minimum absolute atomic E-state index is 0.0263. The number of alkyl halides is 3. The number of halogens is 3. The van der Waals surface area contributed by atoms with Gasteiger partial charge >= 0.3 is 6.18 Å². The molecule has 0 fully saturated rings. The molecular formula is C25H24F3N3O2. The summed E-state index contributed by atoms with van der Waals surface area (Å²) in [4.78, 5) is 24.9. The van der Waals surface area contributed by atoms with E-state index in [4.69, 9.17) is 0 Å². The number of benzene rings is 3. The first-order valence-corrected chi connectivity index (χ1v) is 10.4. The number of aryl methyl sites for hydroxylation is 2. The summed E-state index contributed by atoms with van der Waals surface area (Å²) >= 11 is 0. The average molecular weight is 455 g/mol. The third-order valence-electron chi connectivity index (χ3n) is 5.02. The standard InChI is InChI=1S/C25H24F3N3O2/c1-3-17-8-4-7-16(2)23(17)29-15-22(32)30-20-11-5-9-18(13-20)24(33)31-21-12-6-10-19(14-21)25(26,27)28/h4-14,29H,3,15H2,1-2H3,(H,30,32)(H,31,33). The van der Waals surface area contributed by atoms with Gasteiger partial charge in [0.25, 0.3) is 5.91 Å². The minimum atomic E-state index is -4.50. The van der Waals surface area contributed by atoms with Crippen molar-refractivity contribution in [3.05, 3.63) is 89.0 Å². The van der Waals surface area contributed by atoms with Gasteiger partial charge in [-0.1, -0.05) is 37.3 Å². The molecule has 0 aromatic heterocycles. The first-order chi connectivity index (χ1) is 15.7. The third-order valence-corrected chi connectivity index (χ3v) is 5.02. The molecule has 0 unspecified atom stereocenters. The summed E-state index contributed by atoms with van der Waals surface area (Å²) in [6.07, 6.45) is -3.68. The van der Waals surface area contributed by atoms with Gasteiger partial charge in [-0.15, -0.1) is 0 Å². The van der Waals surface area contributed by atoms with Gasteiger partial charge in [-0.2, -0.15) is 13.2 Å². The van der Waals surface area contributed by atoms with Gasteiger partial charge in [0.2, 0.25) is 5.91 Å². The van der Waals surface area contributed by atoms with Crippen LogP contribution in [0.2, 0.25) is 0 Å². The smallest absolute Gasteiger partial charge is 0.376 e. The first-order valence-electron chi connectivity index (χ1n) is 10.4. The maximum Gasteiger partial charge on any atom is 0.416 e. The van der Waals surface area contributed by atoms with Crippen molar-refractivity contribution in [2.75, 3.05) is 22.5 Å². The molecule has 3 rings (SSSR count). The molecule has 5 nitrogen and oxygen atoms in total. The molecule has 0 spiro atoms. The van der Waals surface area contributed by atoms with Gasteiger partial charge < -0.3 is 16.0 Å². The average Bonchev–Trinajstić information content (AvgIpc) is 2.78. The molecule has 0 saturated carbocycles. The zero-order valence-corrected chi connectivity index (χ0v) is 18.2. The lowest BCUT2D eigenvalue weighted by Crippen LogP contribution is -2.23. The Labute approximate surface area is 190 Å². The summed E-state index contributed by atoms with van der Waals surface area (Å²) in [7, 11) is 0. The van der Waals surface area contributed by atoms with E-state index < -0.39 is 17.6 Å². The number of para-hydroxylation sites is 1. The van der Waals surface area contributed by atoms with Crippen LogP contribution in [0.15, 0.2) is 66.7 Å². The molecule has 33 heavy (non-hydrogen) atoms. The number of anilines is 3. The molecule has 172 valence electrons. The van der Waals surface area contributed by atoms with E-state index in [1.54, 1.807) is 12.1 Å². The Morgan fingerprint density at radius 1 is 0.879 bits per heavy atom. The van der Waals surface area contributed by atoms with Gasteiger partial charge in [0.05, 0.1) is 12.1 Å². The second-order valence-corrected chi connectivity index (χ2v) is 7.48. The van der Waals surface area contributed by atoms with Crippen molar-refractivity contribution < 1.29 is 22.8 Å². The number of nitrogens with one attached hydrogen (secondary N) is 3. The highest BCUT2D eigenvalue weighted by Gasteiger charge is 2.30. The second-order valence-electron chi connectivity index (χ2n) is 7.48. The van der Waals surface area contributed by atoms with Crippen LogP contribution >= 0.6 is 0 Å². The van der Waals surface area contributed by atoms with Gasteiger partial charge in [-0.25, -0.2) is 0 Å². The maximum absolute atomic E-state index is 12.9. The highest BCUT2D eigenvalue weighted by atomic mass is 19.4. The van der Waals surface area contributed by atoms with Crippen LogP contribution in [0.4, 0.5) is 30.2 Å². The van der Waals surface area contributed by atoms with Gasteiger partial charge in [0.15, 0.2) is 0 Å². The molecule has 0 aliphatic rings. The normalized spacial score (nSPS) is 11.1. The van der Waals surface area contributed by atoms with Crippen molar-refractivity contribution in [1.29, 1.82) is 0 Å². The summed E-state index contributed by atoms with van der Waals surface area (Å²) < 4.78 is 38.6. The largest absolute Gasteiger partial charge is 0.416 e. The van der Waals surface area contributed by atoms with Crippen molar-refractivity contribution in [2.45, 2.75) is 26.4 Å². The van der Waals surface area contributed by atoms with Crippen LogP contribution in [0.25, 0.3) is 0 Å². The van der Waals surface area contributed by atoms with E-state index in [1.165, 1.54) is 24.3 Å². The molecule has 0 saturated heterocycles. The lowest BCUT2D eigenvalue weighted by atomic mass is 10.1. The van der Waals surface area contributed by atoms with Crippen molar-refractivity contribution in [3.8, 4) is 0 Å². The fraction of sp³-hybridized carbons (Fsp3) is 0.200. The number of hydrogen-bond donors (Lipinski definition) is 3. The fourth-order valence-electron chi connectivity index (χ4n) is 3.36. The predicted molar refractivity (Wildman–Crippen MR) is 124 cm³/mol. The molecule has 3 N–H and O–H groups in total. The Hall–Kier alpha value is -3.81. The van der Waals surface area contributed by atoms with Gasteiger partial charge in [0.1, 0.15) is 0 Å². The lowest BCUT2D eigenvalue weighted by Gasteiger charge is -2.14. The summed E-state index contributed by atoms with van der Waals surface area (Å²) in [6, 6.07) is 16.5. The molecule has 0 bridgehead atoms. The van der Waals surface area contributed by atoms with Crippen molar-refractivity contribution in [1.82, 2.24) is 0 Å². The molecule has 3 aromatic rings. The molecule has 0 heterocycles. The minimum Gasteiger partial charge on any atom is -0.376 e. The lowest BCUT2D eigenvalue weighted by molar-refractivity contribution is -0.137. The molecular weight excluding hydrogens is 431 g/mol. The third kappa shape index (κ3) is 6.35. The van der Waals surface area contributed by atoms with Crippen LogP contribution in [-0.2, 0) is 17.4 Å². The van der Waals surface area contributed by atoms with E-state index in [1.807, 2.05) is 32.0 Å². The van der Waals surface area contributed by atoms with Crippen LogP contribution in [0.1, 0.15) is 34.0 Å². The highest BCUT2D eigenvalue weighted by Crippen LogP contribution is 2.30. The number of carbonyl (C=O) groups excluding carboxylic acids is 2. The summed E-state index contributed by atoms with van der Waals surface area (Å²) in [5, 5.41) is 8.34. The van der Waals surface area contributed by atoms with E-state index in [0.29, 0.717) is 5.69 Å². The predicted octanol–water partition coefficient (Wildman–Crippen LogP) is 5.88. The monoisotopic (exact) mass is 455 g/mol. The number of hydrogen-bond acceptors (Lipinski definition) is 3. The van der Waals surface area contributed by atoms with Crippen LogP contribution in [0.3, 0.4) is 0 Å². The maximum atomic E-state index is 12.9. The highest BCUT2D eigenvalue weighted by molar-refractivity contribution is 6.05. The van der Waals surface area contributed by atoms with Crippen LogP contribution in [-0.4, -0.2) is 18.4 Å². The molecule has 0 aliphatic carbocycles. The van der Waals surface area contributed by atoms with Crippen molar-refractivity contribution in [3.63, 3.8) is 0 Å². The fourth-order valence-corrected chi connectivity index (χ4v) is 3.36. The van der Waals surface area contributed by atoms with Crippen molar-refractivity contribution in [2.24, 2.45) is 0 Å². The Morgan fingerprint density at radius 3 is 2.24 bits per heavy atom. The molecule has 0 radical (unpaired) electrons. The zero-order valence-electron chi connectivity index (χ0n) is 18.2. The summed E-state index contributed by atoms with van der Waals surface area (Å²) in [5.41, 5.74) is 2.84. The molecule has 2 amide bonds. The van der Waals surface area contributed by atoms with E-state index in [9.17, 15) is 22.8 Å². The second kappa shape index (κ2) is 10.2. The Balaban J connectivity index is 1.64. The topological polar surface area (TPSA) is 70.2 Å². The zero-order chi connectivity index (χ0) is 24.0. The first kappa shape index (κ1) is 23.8. The number of rotatable bonds is 7. The summed E-state index contributed by atoms with van der Waals surface area (Å²) in [6.45, 7) is 4.04. The number of carbonyl (C=O) groups is 2. The van der Waals surface area contributed by atoms with Gasteiger partial charge in [0, 0.05) is 22.6 Å². The van der Waals surface area contributed by atoms with Gasteiger partial charge in [-0.05, 0) is 60.9 Å². The van der Waals surface area contributed by atoms with Crippen LogP contribution in [0.5, 0.6) is 0 Å². The van der Waals surface area contributed by atoms with Crippen molar-refractivity contribution >= 4 is 28.9 Å². The molecule has 0 atom stereocenters. The van der Waals surface area contributed by atoms with E-state index in [-0.39, 0.29) is 23.7 Å². The molecule has 0 aliphatic heterocycles.